The van der Waals surface area contributed by atoms with Crippen LogP contribution in [0.2, 0.25) is 0 Å². The minimum absolute atomic E-state index is 0.126. The van der Waals surface area contributed by atoms with E-state index in [1.54, 1.807) is 17.5 Å². The number of aliphatic hydroxyl groups excluding tert-OH is 1. The van der Waals surface area contributed by atoms with Gasteiger partial charge in [-0.3, -0.25) is 9.78 Å². The fourth-order valence-corrected chi connectivity index (χ4v) is 3.63. The molecule has 3 rings (SSSR count). The number of pyridine rings is 1. The Balaban J connectivity index is 1.53. The number of carbonyl (C=O) groups excluding carboxylic acids is 1. The molecule has 2 aromatic rings. The van der Waals surface area contributed by atoms with Crippen LogP contribution in [0.5, 0.6) is 0 Å². The molecule has 0 saturated carbocycles. The number of hydrogen-bond acceptors (Lipinski definition) is 5. The van der Waals surface area contributed by atoms with Gasteiger partial charge in [0.1, 0.15) is 0 Å². The topological polar surface area (TPSA) is 66.3 Å². The van der Waals surface area contributed by atoms with Crippen LogP contribution in [0, 0.1) is 12.8 Å². The molecule has 0 bridgehead atoms. The summed E-state index contributed by atoms with van der Waals surface area (Å²) >= 11 is 1.57. The lowest BCUT2D eigenvalue weighted by Gasteiger charge is -2.34. The highest BCUT2D eigenvalue weighted by molar-refractivity contribution is 7.09. The second-order valence-corrected chi connectivity index (χ2v) is 7.01. The van der Waals surface area contributed by atoms with Crippen molar-refractivity contribution in [1.82, 2.24) is 14.9 Å². The van der Waals surface area contributed by atoms with E-state index in [2.05, 4.69) is 9.97 Å². The number of rotatable bonds is 4. The Bertz CT molecular complexity index is 651. The Morgan fingerprint density at radius 2 is 2.22 bits per heavy atom. The van der Waals surface area contributed by atoms with E-state index in [-0.39, 0.29) is 11.8 Å². The summed E-state index contributed by atoms with van der Waals surface area (Å²) < 4.78 is 0. The Morgan fingerprint density at radius 1 is 1.43 bits per heavy atom. The molecule has 1 amide bonds. The second-order valence-electron chi connectivity index (χ2n) is 5.95. The smallest absolute Gasteiger partial charge is 0.228 e. The van der Waals surface area contributed by atoms with Crippen LogP contribution in [-0.2, 0) is 11.2 Å². The maximum atomic E-state index is 12.3. The SMILES string of the molecule is Cc1nc(CC(=O)N2CCC([C@@H](O)c3ccccn3)CC2)cs1. The predicted molar refractivity (Wildman–Crippen MR) is 89.1 cm³/mol. The molecular weight excluding hydrogens is 310 g/mol. The van der Waals surface area contributed by atoms with Gasteiger partial charge in [-0.05, 0) is 37.8 Å². The molecule has 1 saturated heterocycles. The molecule has 1 atom stereocenters. The maximum absolute atomic E-state index is 12.3. The van der Waals surface area contributed by atoms with Crippen molar-refractivity contribution in [2.45, 2.75) is 32.3 Å². The number of piperidine rings is 1. The minimum atomic E-state index is -0.547. The van der Waals surface area contributed by atoms with Crippen LogP contribution in [0.4, 0.5) is 0 Å². The summed E-state index contributed by atoms with van der Waals surface area (Å²) in [5.74, 6) is 0.288. The summed E-state index contributed by atoms with van der Waals surface area (Å²) in [6.07, 6.45) is 3.14. The zero-order valence-corrected chi connectivity index (χ0v) is 14.0. The fraction of sp³-hybridized carbons (Fsp3) is 0.471. The number of nitrogens with zero attached hydrogens (tertiary/aromatic N) is 3. The van der Waals surface area contributed by atoms with E-state index in [9.17, 15) is 9.90 Å². The van der Waals surface area contributed by atoms with Gasteiger partial charge in [0, 0.05) is 24.7 Å². The van der Waals surface area contributed by atoms with Gasteiger partial charge in [-0.1, -0.05) is 6.07 Å². The molecule has 122 valence electrons. The van der Waals surface area contributed by atoms with Crippen molar-refractivity contribution in [3.05, 3.63) is 46.2 Å². The van der Waals surface area contributed by atoms with Gasteiger partial charge >= 0.3 is 0 Å². The molecule has 2 aromatic heterocycles. The number of likely N-dealkylation sites (tertiary alicyclic amines) is 1. The molecule has 6 heteroatoms. The molecule has 1 aliphatic heterocycles. The highest BCUT2D eigenvalue weighted by atomic mass is 32.1. The molecule has 23 heavy (non-hydrogen) atoms. The first-order valence-electron chi connectivity index (χ1n) is 7.91. The quantitative estimate of drug-likeness (QED) is 0.934. The summed E-state index contributed by atoms with van der Waals surface area (Å²) in [7, 11) is 0. The van der Waals surface area contributed by atoms with Crippen molar-refractivity contribution in [3.63, 3.8) is 0 Å². The van der Waals surface area contributed by atoms with Crippen molar-refractivity contribution < 1.29 is 9.90 Å². The number of thiazole rings is 1. The third-order valence-electron chi connectivity index (χ3n) is 4.33. The van der Waals surface area contributed by atoms with E-state index in [1.807, 2.05) is 35.4 Å². The zero-order valence-electron chi connectivity index (χ0n) is 13.2. The van der Waals surface area contributed by atoms with Crippen molar-refractivity contribution in [1.29, 1.82) is 0 Å². The van der Waals surface area contributed by atoms with Crippen LogP contribution in [0.25, 0.3) is 0 Å². The lowest BCUT2D eigenvalue weighted by atomic mass is 9.89. The van der Waals surface area contributed by atoms with E-state index in [0.29, 0.717) is 19.5 Å². The van der Waals surface area contributed by atoms with Crippen molar-refractivity contribution in [2.75, 3.05) is 13.1 Å². The highest BCUT2D eigenvalue weighted by Gasteiger charge is 2.28. The third kappa shape index (κ3) is 3.95. The normalized spacial score (nSPS) is 17.2. The third-order valence-corrected chi connectivity index (χ3v) is 5.15. The van der Waals surface area contributed by atoms with Crippen LogP contribution in [0.1, 0.15) is 35.3 Å². The van der Waals surface area contributed by atoms with Gasteiger partial charge in [0.05, 0.1) is 28.9 Å². The summed E-state index contributed by atoms with van der Waals surface area (Å²) in [4.78, 5) is 22.8. The van der Waals surface area contributed by atoms with Gasteiger partial charge in [0.2, 0.25) is 5.91 Å². The van der Waals surface area contributed by atoms with Gasteiger partial charge in [-0.15, -0.1) is 11.3 Å². The lowest BCUT2D eigenvalue weighted by molar-refractivity contribution is -0.132. The van der Waals surface area contributed by atoms with E-state index in [1.165, 1.54) is 0 Å². The van der Waals surface area contributed by atoms with E-state index >= 15 is 0 Å². The highest BCUT2D eigenvalue weighted by Crippen LogP contribution is 2.29. The summed E-state index contributed by atoms with van der Waals surface area (Å²) in [6, 6.07) is 5.59. The van der Waals surface area contributed by atoms with Gasteiger partial charge in [0.25, 0.3) is 0 Å². The predicted octanol–water partition coefficient (Wildman–Crippen LogP) is 2.36. The molecular formula is C17H21N3O2S. The van der Waals surface area contributed by atoms with Crippen molar-refractivity contribution in [2.24, 2.45) is 5.92 Å². The van der Waals surface area contributed by atoms with Gasteiger partial charge in [-0.25, -0.2) is 4.98 Å². The number of aromatic nitrogens is 2. The first kappa shape index (κ1) is 16.1. The number of aliphatic hydroxyl groups is 1. The minimum Gasteiger partial charge on any atom is -0.387 e. The molecule has 0 spiro atoms. The van der Waals surface area contributed by atoms with E-state index < -0.39 is 6.10 Å². The fourth-order valence-electron chi connectivity index (χ4n) is 3.01. The van der Waals surface area contributed by atoms with Crippen molar-refractivity contribution in [3.8, 4) is 0 Å². The van der Waals surface area contributed by atoms with Crippen LogP contribution >= 0.6 is 11.3 Å². The average molecular weight is 331 g/mol. The standard InChI is InChI=1S/C17H21N3O2S/c1-12-19-14(11-23-12)10-16(21)20-8-5-13(6-9-20)17(22)15-4-2-3-7-18-15/h2-4,7,11,13,17,22H,5-6,8-10H2,1H3/t17-/m1/s1. The number of hydrogen-bond donors (Lipinski definition) is 1. The molecule has 1 aliphatic rings. The Kier molecular flexibility index (Phi) is 5.03. The van der Waals surface area contributed by atoms with Crippen LogP contribution in [0.3, 0.4) is 0 Å². The molecule has 1 N–H and O–H groups in total. The van der Waals surface area contributed by atoms with Crippen LogP contribution < -0.4 is 0 Å². The Hall–Kier alpha value is -1.79. The molecule has 0 unspecified atom stereocenters. The Labute approximate surface area is 140 Å². The second kappa shape index (κ2) is 7.19. The Morgan fingerprint density at radius 3 is 2.83 bits per heavy atom. The van der Waals surface area contributed by atoms with Gasteiger partial charge in [0.15, 0.2) is 0 Å². The number of carbonyl (C=O) groups is 1. The van der Waals surface area contributed by atoms with Gasteiger partial charge < -0.3 is 10.0 Å². The van der Waals surface area contributed by atoms with Gasteiger partial charge in [-0.2, -0.15) is 0 Å². The number of aryl methyl sites for hydroxylation is 1. The molecule has 0 aliphatic carbocycles. The molecule has 3 heterocycles. The average Bonchev–Trinajstić information content (AvgIpc) is 3.00. The summed E-state index contributed by atoms with van der Waals surface area (Å²) in [5, 5.41) is 13.4. The largest absolute Gasteiger partial charge is 0.387 e. The van der Waals surface area contributed by atoms with Crippen LogP contribution in [-0.4, -0.2) is 39.0 Å². The molecule has 0 radical (unpaired) electrons. The first-order chi connectivity index (χ1) is 11.1. The molecule has 5 nitrogen and oxygen atoms in total. The summed E-state index contributed by atoms with van der Waals surface area (Å²) in [6.45, 7) is 3.33. The summed E-state index contributed by atoms with van der Waals surface area (Å²) in [5.41, 5.74) is 1.57. The maximum Gasteiger partial charge on any atom is 0.228 e. The zero-order chi connectivity index (χ0) is 16.2. The molecule has 1 fully saturated rings. The van der Waals surface area contributed by atoms with Crippen molar-refractivity contribution >= 4 is 17.2 Å². The lowest BCUT2D eigenvalue weighted by Crippen LogP contribution is -2.40. The number of amides is 1. The van der Waals surface area contributed by atoms with E-state index in [0.717, 1.165) is 29.2 Å². The first-order valence-corrected chi connectivity index (χ1v) is 8.79. The monoisotopic (exact) mass is 331 g/mol. The van der Waals surface area contributed by atoms with E-state index in [4.69, 9.17) is 0 Å². The van der Waals surface area contributed by atoms with Crippen LogP contribution in [0.15, 0.2) is 29.8 Å². The molecule has 0 aromatic carbocycles.